The summed E-state index contributed by atoms with van der Waals surface area (Å²) in [6.45, 7) is 6.22. The van der Waals surface area contributed by atoms with Gasteiger partial charge in [0.1, 0.15) is 18.3 Å². The highest BCUT2D eigenvalue weighted by atomic mass is 32.2. The summed E-state index contributed by atoms with van der Waals surface area (Å²) >= 11 is 0. The highest BCUT2D eigenvalue weighted by Gasteiger charge is 2.31. The van der Waals surface area contributed by atoms with Crippen LogP contribution in [0.1, 0.15) is 32.8 Å². The topological polar surface area (TPSA) is 96.0 Å². The number of carbonyl (C=O) groups excluding carboxylic acids is 2. The zero-order valence-electron chi connectivity index (χ0n) is 21.2. The molecule has 2 amide bonds. The summed E-state index contributed by atoms with van der Waals surface area (Å²) in [6, 6.07) is 15.4. The number of hydrogen-bond acceptors (Lipinski definition) is 5. The van der Waals surface area contributed by atoms with Crippen molar-refractivity contribution < 1.29 is 22.7 Å². The summed E-state index contributed by atoms with van der Waals surface area (Å²) in [5, 5.41) is 2.92. The van der Waals surface area contributed by atoms with Crippen molar-refractivity contribution >= 4 is 27.5 Å². The molecule has 0 aromatic heterocycles. The van der Waals surface area contributed by atoms with Gasteiger partial charge in [-0.1, -0.05) is 51.1 Å². The summed E-state index contributed by atoms with van der Waals surface area (Å²) < 4.78 is 31.4. The first-order chi connectivity index (χ1) is 16.6. The fourth-order valence-electron chi connectivity index (χ4n) is 3.68. The van der Waals surface area contributed by atoms with Crippen molar-refractivity contribution in [1.29, 1.82) is 0 Å². The van der Waals surface area contributed by atoms with Gasteiger partial charge in [0.05, 0.1) is 19.1 Å². The Hall–Kier alpha value is -3.07. The second-order valence-corrected chi connectivity index (χ2v) is 10.8. The van der Waals surface area contributed by atoms with Gasteiger partial charge in [0.2, 0.25) is 21.8 Å². The maximum atomic E-state index is 13.6. The standard InChI is InChI=1S/C26H37N3O5S/c1-6-24(26(31)27-18-20(2)3)28(17-16-21-10-8-7-9-11-21)25(30)19-29(35(5,32)33)22-12-14-23(34-4)15-13-22/h7-15,20,24H,6,16-19H2,1-5H3,(H,27,31)/t24-/m0/s1. The molecule has 0 aliphatic heterocycles. The van der Waals surface area contributed by atoms with E-state index in [1.165, 1.54) is 12.0 Å². The van der Waals surface area contributed by atoms with Crippen molar-refractivity contribution in [3.05, 3.63) is 60.2 Å². The van der Waals surface area contributed by atoms with Crippen molar-refractivity contribution in [2.45, 2.75) is 39.7 Å². The monoisotopic (exact) mass is 503 g/mol. The maximum Gasteiger partial charge on any atom is 0.244 e. The molecule has 2 aromatic carbocycles. The van der Waals surface area contributed by atoms with E-state index < -0.39 is 28.5 Å². The smallest absolute Gasteiger partial charge is 0.244 e. The number of nitrogens with one attached hydrogen (secondary N) is 1. The highest BCUT2D eigenvalue weighted by Crippen LogP contribution is 2.22. The molecule has 8 nitrogen and oxygen atoms in total. The van der Waals surface area contributed by atoms with Gasteiger partial charge in [-0.05, 0) is 48.6 Å². The predicted molar refractivity (Wildman–Crippen MR) is 139 cm³/mol. The molecule has 0 aliphatic carbocycles. The van der Waals surface area contributed by atoms with E-state index in [0.717, 1.165) is 16.1 Å². The summed E-state index contributed by atoms with van der Waals surface area (Å²) in [5.74, 6) is 0.165. The van der Waals surface area contributed by atoms with Crippen LogP contribution < -0.4 is 14.4 Å². The van der Waals surface area contributed by atoms with Crippen LogP contribution in [0.2, 0.25) is 0 Å². The molecule has 35 heavy (non-hydrogen) atoms. The van der Waals surface area contributed by atoms with Gasteiger partial charge in [0, 0.05) is 13.1 Å². The third-order valence-electron chi connectivity index (χ3n) is 5.59. The number of rotatable bonds is 13. The highest BCUT2D eigenvalue weighted by molar-refractivity contribution is 7.92. The Labute approximate surface area is 209 Å². The third kappa shape index (κ3) is 8.58. The Morgan fingerprint density at radius 2 is 1.66 bits per heavy atom. The Morgan fingerprint density at radius 3 is 2.17 bits per heavy atom. The molecule has 0 saturated carbocycles. The molecule has 192 valence electrons. The minimum absolute atomic E-state index is 0.238. The molecule has 0 heterocycles. The number of nitrogens with zero attached hydrogens (tertiary/aromatic N) is 2. The molecular weight excluding hydrogens is 466 g/mol. The maximum absolute atomic E-state index is 13.6. The number of amides is 2. The largest absolute Gasteiger partial charge is 0.497 e. The fraction of sp³-hybridized carbons (Fsp3) is 0.462. The van der Waals surface area contributed by atoms with Gasteiger partial charge >= 0.3 is 0 Å². The number of benzene rings is 2. The van der Waals surface area contributed by atoms with Crippen LogP contribution in [0.15, 0.2) is 54.6 Å². The first kappa shape index (κ1) is 28.2. The van der Waals surface area contributed by atoms with Crippen LogP contribution in [0.3, 0.4) is 0 Å². The molecule has 9 heteroatoms. The molecule has 0 fully saturated rings. The Kier molecular flexibility index (Phi) is 10.6. The van der Waals surface area contributed by atoms with Crippen molar-refractivity contribution in [3.63, 3.8) is 0 Å². The zero-order chi connectivity index (χ0) is 26.0. The second-order valence-electron chi connectivity index (χ2n) is 8.85. The van der Waals surface area contributed by atoms with Crippen molar-refractivity contribution in [1.82, 2.24) is 10.2 Å². The van der Waals surface area contributed by atoms with Crippen LogP contribution in [0.25, 0.3) is 0 Å². The predicted octanol–water partition coefficient (Wildman–Crippen LogP) is 3.08. The molecule has 1 atom stereocenters. The minimum Gasteiger partial charge on any atom is -0.497 e. The summed E-state index contributed by atoms with van der Waals surface area (Å²) in [4.78, 5) is 28.1. The lowest BCUT2D eigenvalue weighted by Crippen LogP contribution is -2.53. The van der Waals surface area contributed by atoms with Gasteiger partial charge in [0.15, 0.2) is 0 Å². The first-order valence-electron chi connectivity index (χ1n) is 11.8. The lowest BCUT2D eigenvalue weighted by molar-refractivity contribution is -0.139. The lowest BCUT2D eigenvalue weighted by Gasteiger charge is -2.33. The summed E-state index contributed by atoms with van der Waals surface area (Å²) in [6.07, 6.45) is 2.01. The zero-order valence-corrected chi connectivity index (χ0v) is 22.0. The van der Waals surface area contributed by atoms with Gasteiger partial charge in [0.25, 0.3) is 0 Å². The Bertz CT molecular complexity index is 1060. The van der Waals surface area contributed by atoms with Crippen molar-refractivity contribution in [2.24, 2.45) is 5.92 Å². The van der Waals surface area contributed by atoms with Gasteiger partial charge in [-0.15, -0.1) is 0 Å². The van der Waals surface area contributed by atoms with E-state index in [0.29, 0.717) is 30.8 Å². The van der Waals surface area contributed by atoms with Crippen LogP contribution in [0.5, 0.6) is 5.75 Å². The van der Waals surface area contributed by atoms with Crippen LogP contribution in [-0.2, 0) is 26.0 Å². The first-order valence-corrected chi connectivity index (χ1v) is 13.6. The average Bonchev–Trinajstić information content (AvgIpc) is 2.83. The van der Waals surface area contributed by atoms with E-state index in [-0.39, 0.29) is 18.4 Å². The Morgan fingerprint density at radius 1 is 1.03 bits per heavy atom. The molecule has 0 unspecified atom stereocenters. The van der Waals surface area contributed by atoms with Gasteiger partial charge in [-0.25, -0.2) is 8.42 Å². The van der Waals surface area contributed by atoms with Crippen LogP contribution in [-0.4, -0.2) is 64.2 Å². The number of sulfonamides is 1. The number of carbonyl (C=O) groups is 2. The van der Waals surface area contributed by atoms with Crippen molar-refractivity contribution in [2.75, 3.05) is 37.3 Å². The lowest BCUT2D eigenvalue weighted by atomic mass is 10.1. The van der Waals surface area contributed by atoms with E-state index in [2.05, 4.69) is 5.32 Å². The summed E-state index contributed by atoms with van der Waals surface area (Å²) in [7, 11) is -2.24. The van der Waals surface area contributed by atoms with E-state index >= 15 is 0 Å². The molecule has 0 radical (unpaired) electrons. The van der Waals surface area contributed by atoms with Crippen LogP contribution in [0.4, 0.5) is 5.69 Å². The van der Waals surface area contributed by atoms with E-state index in [1.807, 2.05) is 51.1 Å². The molecule has 0 aliphatic rings. The minimum atomic E-state index is -3.76. The molecular formula is C26H37N3O5S. The van der Waals surface area contributed by atoms with Gasteiger partial charge in [-0.3, -0.25) is 13.9 Å². The number of anilines is 1. The van der Waals surface area contributed by atoms with Crippen LogP contribution in [0, 0.1) is 5.92 Å². The summed E-state index contributed by atoms with van der Waals surface area (Å²) in [5.41, 5.74) is 1.37. The van der Waals surface area contributed by atoms with E-state index in [1.54, 1.807) is 24.3 Å². The van der Waals surface area contributed by atoms with E-state index in [9.17, 15) is 18.0 Å². The molecule has 2 rings (SSSR count). The molecule has 1 N–H and O–H groups in total. The van der Waals surface area contributed by atoms with Gasteiger partial charge < -0.3 is 15.0 Å². The SMILES string of the molecule is CC[C@@H](C(=O)NCC(C)C)N(CCc1ccccc1)C(=O)CN(c1ccc(OC)cc1)S(C)(=O)=O. The molecule has 0 spiro atoms. The van der Waals surface area contributed by atoms with Crippen LogP contribution >= 0.6 is 0 Å². The number of hydrogen-bond donors (Lipinski definition) is 1. The number of ether oxygens (including phenoxy) is 1. The molecule has 0 saturated heterocycles. The average molecular weight is 504 g/mol. The van der Waals surface area contributed by atoms with E-state index in [4.69, 9.17) is 4.74 Å². The molecule has 2 aromatic rings. The van der Waals surface area contributed by atoms with Crippen molar-refractivity contribution in [3.8, 4) is 5.75 Å². The fourth-order valence-corrected chi connectivity index (χ4v) is 4.53. The second kappa shape index (κ2) is 13.1. The number of methoxy groups -OCH3 is 1. The quantitative estimate of drug-likeness (QED) is 0.453. The normalized spacial score (nSPS) is 12.2. The van der Waals surface area contributed by atoms with Gasteiger partial charge in [-0.2, -0.15) is 0 Å². The third-order valence-corrected chi connectivity index (χ3v) is 6.73. The molecule has 0 bridgehead atoms. The Balaban J connectivity index is 2.33.